The number of rotatable bonds is 4. The molecule has 0 aliphatic heterocycles. The highest BCUT2D eigenvalue weighted by Gasteiger charge is 2.16. The van der Waals surface area contributed by atoms with Gasteiger partial charge in [-0.2, -0.15) is 0 Å². The molecule has 0 saturated heterocycles. The Morgan fingerprint density at radius 1 is 0.444 bits per heavy atom. The van der Waals surface area contributed by atoms with E-state index in [-0.39, 0.29) is 0 Å². The molecule has 2 heteroatoms. The molecule has 6 aromatic carbocycles. The fraction of sp³-hybridized carbons (Fsp3) is 0. The Labute approximate surface area is 209 Å². The van der Waals surface area contributed by atoms with Crippen molar-refractivity contribution in [3.63, 3.8) is 0 Å². The SMILES string of the molecule is c1ccc(Nc2cccc(-c3cc4ccccc4cc3-c3cccc4oc5ccccc5c34)c2)cc1. The minimum Gasteiger partial charge on any atom is -0.456 e. The molecule has 0 aliphatic rings. The van der Waals surface area contributed by atoms with E-state index in [0.29, 0.717) is 0 Å². The summed E-state index contributed by atoms with van der Waals surface area (Å²) >= 11 is 0. The zero-order valence-electron chi connectivity index (χ0n) is 19.6. The number of hydrogen-bond donors (Lipinski definition) is 1. The third kappa shape index (κ3) is 3.52. The molecule has 0 aliphatic carbocycles. The first-order chi connectivity index (χ1) is 17.8. The molecule has 7 aromatic rings. The average Bonchev–Trinajstić information content (AvgIpc) is 3.32. The van der Waals surface area contributed by atoms with Gasteiger partial charge in [-0.15, -0.1) is 0 Å². The Hall–Kier alpha value is -4.82. The van der Waals surface area contributed by atoms with Gasteiger partial charge in [-0.25, -0.2) is 0 Å². The van der Waals surface area contributed by atoms with Crippen molar-refractivity contribution in [3.05, 3.63) is 133 Å². The Balaban J connectivity index is 1.48. The van der Waals surface area contributed by atoms with Crippen LogP contribution in [0.15, 0.2) is 138 Å². The smallest absolute Gasteiger partial charge is 0.136 e. The van der Waals surface area contributed by atoms with Gasteiger partial charge in [0.15, 0.2) is 0 Å². The molecule has 0 saturated carbocycles. The zero-order chi connectivity index (χ0) is 23.9. The first-order valence-corrected chi connectivity index (χ1v) is 12.2. The van der Waals surface area contributed by atoms with Crippen molar-refractivity contribution in [3.8, 4) is 22.3 Å². The van der Waals surface area contributed by atoms with Crippen LogP contribution in [0, 0.1) is 0 Å². The molecule has 7 rings (SSSR count). The van der Waals surface area contributed by atoms with E-state index in [1.807, 2.05) is 30.3 Å². The zero-order valence-corrected chi connectivity index (χ0v) is 19.6. The lowest BCUT2D eigenvalue weighted by atomic mass is 9.89. The van der Waals surface area contributed by atoms with E-state index < -0.39 is 0 Å². The van der Waals surface area contributed by atoms with E-state index in [0.717, 1.165) is 33.3 Å². The summed E-state index contributed by atoms with van der Waals surface area (Å²) in [6.45, 7) is 0. The molecule has 1 aromatic heterocycles. The highest BCUT2D eigenvalue weighted by Crippen LogP contribution is 2.42. The summed E-state index contributed by atoms with van der Waals surface area (Å²) in [6.07, 6.45) is 0. The number of benzene rings is 6. The fourth-order valence-corrected chi connectivity index (χ4v) is 5.15. The number of anilines is 2. The lowest BCUT2D eigenvalue weighted by molar-refractivity contribution is 0.669. The monoisotopic (exact) mass is 461 g/mol. The number of hydrogen-bond acceptors (Lipinski definition) is 2. The van der Waals surface area contributed by atoms with Crippen LogP contribution in [0.2, 0.25) is 0 Å². The molecule has 0 bridgehead atoms. The molecule has 0 unspecified atom stereocenters. The maximum atomic E-state index is 6.22. The van der Waals surface area contributed by atoms with E-state index in [1.165, 1.54) is 33.0 Å². The number of para-hydroxylation sites is 2. The first-order valence-electron chi connectivity index (χ1n) is 12.2. The maximum Gasteiger partial charge on any atom is 0.136 e. The van der Waals surface area contributed by atoms with E-state index in [4.69, 9.17) is 4.42 Å². The summed E-state index contributed by atoms with van der Waals surface area (Å²) in [6, 6.07) is 46.8. The van der Waals surface area contributed by atoms with Gasteiger partial charge in [0.2, 0.25) is 0 Å². The molecule has 1 heterocycles. The second-order valence-corrected chi connectivity index (χ2v) is 9.09. The summed E-state index contributed by atoms with van der Waals surface area (Å²) in [4.78, 5) is 0. The van der Waals surface area contributed by atoms with Gasteiger partial charge in [-0.1, -0.05) is 84.9 Å². The van der Waals surface area contributed by atoms with Crippen molar-refractivity contribution >= 4 is 44.1 Å². The molecule has 0 amide bonds. The third-order valence-corrected chi connectivity index (χ3v) is 6.81. The molecule has 0 spiro atoms. The van der Waals surface area contributed by atoms with Crippen LogP contribution in [-0.4, -0.2) is 0 Å². The van der Waals surface area contributed by atoms with E-state index >= 15 is 0 Å². The van der Waals surface area contributed by atoms with Crippen LogP contribution in [0.25, 0.3) is 55.0 Å². The second-order valence-electron chi connectivity index (χ2n) is 9.09. The van der Waals surface area contributed by atoms with Crippen molar-refractivity contribution < 1.29 is 4.42 Å². The van der Waals surface area contributed by atoms with E-state index in [2.05, 4.69) is 108 Å². The molecule has 0 radical (unpaired) electrons. The molecule has 170 valence electrons. The van der Waals surface area contributed by atoms with Crippen LogP contribution >= 0.6 is 0 Å². The van der Waals surface area contributed by atoms with Gasteiger partial charge < -0.3 is 9.73 Å². The Morgan fingerprint density at radius 2 is 1.11 bits per heavy atom. The van der Waals surface area contributed by atoms with E-state index in [9.17, 15) is 0 Å². The molecule has 0 fully saturated rings. The Bertz CT molecular complexity index is 1860. The van der Waals surface area contributed by atoms with Crippen molar-refractivity contribution in [2.75, 3.05) is 5.32 Å². The highest BCUT2D eigenvalue weighted by atomic mass is 16.3. The molecular weight excluding hydrogens is 438 g/mol. The maximum absolute atomic E-state index is 6.22. The minimum absolute atomic E-state index is 0.910. The fourth-order valence-electron chi connectivity index (χ4n) is 5.15. The predicted octanol–water partition coefficient (Wildman–Crippen LogP) is 9.82. The molecule has 36 heavy (non-hydrogen) atoms. The van der Waals surface area contributed by atoms with Gasteiger partial charge in [0.1, 0.15) is 11.2 Å². The predicted molar refractivity (Wildman–Crippen MR) is 152 cm³/mol. The van der Waals surface area contributed by atoms with Crippen molar-refractivity contribution in [2.24, 2.45) is 0 Å². The van der Waals surface area contributed by atoms with Crippen LogP contribution < -0.4 is 5.32 Å². The summed E-state index contributed by atoms with van der Waals surface area (Å²) in [5.74, 6) is 0. The van der Waals surface area contributed by atoms with Crippen LogP contribution in [0.3, 0.4) is 0 Å². The van der Waals surface area contributed by atoms with Crippen molar-refractivity contribution in [2.45, 2.75) is 0 Å². The average molecular weight is 462 g/mol. The standard InChI is InChI=1S/C34H23NO/c1-2-13-26(14-3-1)35-27-15-8-12-25(20-27)30-21-23-10-4-5-11-24(23)22-31(30)28-17-9-19-33-34(28)29-16-6-7-18-32(29)36-33/h1-22,35H. The van der Waals surface area contributed by atoms with Gasteiger partial charge in [0, 0.05) is 22.1 Å². The number of furan rings is 1. The summed E-state index contributed by atoms with van der Waals surface area (Å²) in [7, 11) is 0. The normalized spacial score (nSPS) is 11.3. The summed E-state index contributed by atoms with van der Waals surface area (Å²) in [5.41, 5.74) is 8.70. The van der Waals surface area contributed by atoms with Gasteiger partial charge in [-0.3, -0.25) is 0 Å². The largest absolute Gasteiger partial charge is 0.456 e. The molecule has 2 nitrogen and oxygen atoms in total. The third-order valence-electron chi connectivity index (χ3n) is 6.81. The molecular formula is C34H23NO. The van der Waals surface area contributed by atoms with Gasteiger partial charge in [0.25, 0.3) is 0 Å². The van der Waals surface area contributed by atoms with Crippen LogP contribution in [0.1, 0.15) is 0 Å². The van der Waals surface area contributed by atoms with E-state index in [1.54, 1.807) is 0 Å². The van der Waals surface area contributed by atoms with Crippen LogP contribution in [0.4, 0.5) is 11.4 Å². The molecule has 0 atom stereocenters. The minimum atomic E-state index is 0.910. The molecule has 1 N–H and O–H groups in total. The van der Waals surface area contributed by atoms with Gasteiger partial charge >= 0.3 is 0 Å². The lowest BCUT2D eigenvalue weighted by Crippen LogP contribution is -1.92. The first kappa shape index (κ1) is 20.5. The highest BCUT2D eigenvalue weighted by molar-refractivity contribution is 6.14. The van der Waals surface area contributed by atoms with Crippen LogP contribution in [0.5, 0.6) is 0 Å². The second kappa shape index (κ2) is 8.44. The van der Waals surface area contributed by atoms with Gasteiger partial charge in [0.05, 0.1) is 0 Å². The quantitative estimate of drug-likeness (QED) is 0.282. The lowest BCUT2D eigenvalue weighted by Gasteiger charge is -2.15. The van der Waals surface area contributed by atoms with Crippen molar-refractivity contribution in [1.82, 2.24) is 0 Å². The van der Waals surface area contributed by atoms with Crippen molar-refractivity contribution in [1.29, 1.82) is 0 Å². The Kier molecular flexibility index (Phi) is 4.82. The summed E-state index contributed by atoms with van der Waals surface area (Å²) < 4.78 is 6.22. The van der Waals surface area contributed by atoms with Gasteiger partial charge in [-0.05, 0) is 81.6 Å². The Morgan fingerprint density at radius 3 is 1.97 bits per heavy atom. The summed E-state index contributed by atoms with van der Waals surface area (Å²) in [5, 5.41) is 8.29. The van der Waals surface area contributed by atoms with Crippen LogP contribution in [-0.2, 0) is 0 Å². The number of nitrogens with one attached hydrogen (secondary N) is 1. The topological polar surface area (TPSA) is 25.2 Å². The number of fused-ring (bicyclic) bond motifs is 4.